The summed E-state index contributed by atoms with van der Waals surface area (Å²) in [6.07, 6.45) is 4.92. The van der Waals surface area contributed by atoms with Gasteiger partial charge in [-0.15, -0.1) is 6.58 Å². The van der Waals surface area contributed by atoms with Crippen LogP contribution in [0.1, 0.15) is 42.3 Å². The Hall–Kier alpha value is -3.38. The van der Waals surface area contributed by atoms with E-state index >= 15 is 0 Å². The Morgan fingerprint density at radius 3 is 2.29 bits per heavy atom. The number of allylic oxidation sites excluding steroid dienone is 2. The Bertz CT molecular complexity index is 970. The van der Waals surface area contributed by atoms with Gasteiger partial charge in [0.15, 0.2) is 12.6 Å². The molecule has 164 valence electrons. The summed E-state index contributed by atoms with van der Waals surface area (Å²) in [5, 5.41) is 0. The molecule has 0 aromatic heterocycles. The lowest BCUT2D eigenvalue weighted by Gasteiger charge is -2.24. The number of carbonyl (C=O) groups is 2. The van der Waals surface area contributed by atoms with E-state index in [4.69, 9.17) is 18.9 Å². The lowest BCUT2D eigenvalue weighted by Crippen LogP contribution is -2.17. The average Bonchev–Trinajstić information content (AvgIpc) is 2.76. The number of hydrogen-bond donors (Lipinski definition) is 0. The van der Waals surface area contributed by atoms with E-state index in [1.54, 1.807) is 42.5 Å². The molecule has 0 bridgehead atoms. The lowest BCUT2D eigenvalue weighted by atomic mass is 9.83. The van der Waals surface area contributed by atoms with Crippen LogP contribution in [0, 0.1) is 0 Å². The normalized spacial score (nSPS) is 11.3. The first kappa shape index (κ1) is 23.9. The van der Waals surface area contributed by atoms with Crippen molar-refractivity contribution in [3.05, 3.63) is 71.8 Å². The van der Waals surface area contributed by atoms with Gasteiger partial charge in [0.2, 0.25) is 0 Å². The molecule has 0 atom stereocenters. The second kappa shape index (κ2) is 10.6. The molecule has 0 fully saturated rings. The zero-order chi connectivity index (χ0) is 23.0. The Labute approximate surface area is 183 Å². The fraction of sp³-hybridized carbons (Fsp3) is 0.280. The number of rotatable bonds is 10. The van der Waals surface area contributed by atoms with Gasteiger partial charge in [0, 0.05) is 42.2 Å². The van der Waals surface area contributed by atoms with E-state index in [1.165, 1.54) is 27.2 Å². The first-order valence-electron chi connectivity index (χ1n) is 9.70. The smallest absolute Gasteiger partial charge is 0.308 e. The van der Waals surface area contributed by atoms with Crippen LogP contribution in [0.5, 0.6) is 17.2 Å². The summed E-state index contributed by atoms with van der Waals surface area (Å²) < 4.78 is 21.0. The molecular formula is C25H28O6. The molecule has 0 N–H and O–H groups in total. The Kier molecular flexibility index (Phi) is 8.16. The van der Waals surface area contributed by atoms with Crippen LogP contribution >= 0.6 is 0 Å². The minimum Gasteiger partial charge on any atom is -0.496 e. The van der Waals surface area contributed by atoms with Crippen molar-refractivity contribution >= 4 is 17.8 Å². The monoisotopic (exact) mass is 424 g/mol. The molecule has 31 heavy (non-hydrogen) atoms. The van der Waals surface area contributed by atoms with Crippen LogP contribution in [-0.4, -0.2) is 32.8 Å². The standard InChI is InChI=1S/C25H28O6/c1-7-25(3,4)21-14-19(23(29-6)15-24(21)31-17(2)26)10-13-22(27)18-8-11-20(12-9-18)30-16-28-5/h7-15H,1,16H2,2-6H3. The predicted molar refractivity (Wildman–Crippen MR) is 120 cm³/mol. The summed E-state index contributed by atoms with van der Waals surface area (Å²) in [5.41, 5.74) is 1.48. The van der Waals surface area contributed by atoms with Crippen LogP contribution in [0.4, 0.5) is 0 Å². The molecule has 0 aliphatic rings. The van der Waals surface area contributed by atoms with Gasteiger partial charge in [-0.3, -0.25) is 9.59 Å². The van der Waals surface area contributed by atoms with Gasteiger partial charge in [0.25, 0.3) is 0 Å². The number of carbonyl (C=O) groups excluding carboxylic acids is 2. The number of esters is 1. The maximum absolute atomic E-state index is 12.6. The van der Waals surface area contributed by atoms with Crippen molar-refractivity contribution in [1.29, 1.82) is 0 Å². The Balaban J connectivity index is 2.37. The Morgan fingerprint density at radius 2 is 1.74 bits per heavy atom. The maximum atomic E-state index is 12.6. The summed E-state index contributed by atoms with van der Waals surface area (Å²) in [4.78, 5) is 24.2. The third-order valence-electron chi connectivity index (χ3n) is 4.69. The lowest BCUT2D eigenvalue weighted by molar-refractivity contribution is -0.131. The first-order chi connectivity index (χ1) is 14.7. The molecule has 0 aliphatic carbocycles. The predicted octanol–water partition coefficient (Wildman–Crippen LogP) is 4.96. The highest BCUT2D eigenvalue weighted by Gasteiger charge is 2.24. The van der Waals surface area contributed by atoms with E-state index in [-0.39, 0.29) is 12.6 Å². The molecule has 6 heteroatoms. The van der Waals surface area contributed by atoms with Gasteiger partial charge >= 0.3 is 5.97 Å². The number of hydrogen-bond acceptors (Lipinski definition) is 6. The largest absolute Gasteiger partial charge is 0.496 e. The average molecular weight is 424 g/mol. The van der Waals surface area contributed by atoms with E-state index < -0.39 is 11.4 Å². The summed E-state index contributed by atoms with van der Waals surface area (Å²) in [5.74, 6) is 0.881. The third-order valence-corrected chi connectivity index (χ3v) is 4.69. The second-order valence-corrected chi connectivity index (χ2v) is 7.38. The zero-order valence-corrected chi connectivity index (χ0v) is 18.6. The summed E-state index contributed by atoms with van der Waals surface area (Å²) in [7, 11) is 3.06. The fourth-order valence-corrected chi connectivity index (χ4v) is 2.84. The molecular weight excluding hydrogens is 396 g/mol. The van der Waals surface area contributed by atoms with Crippen molar-refractivity contribution in [3.63, 3.8) is 0 Å². The van der Waals surface area contributed by atoms with Gasteiger partial charge < -0.3 is 18.9 Å². The van der Waals surface area contributed by atoms with E-state index in [0.29, 0.717) is 28.4 Å². The van der Waals surface area contributed by atoms with Crippen molar-refractivity contribution < 1.29 is 28.5 Å². The minimum atomic E-state index is -0.471. The first-order valence-corrected chi connectivity index (χ1v) is 9.70. The minimum absolute atomic E-state index is 0.139. The topological polar surface area (TPSA) is 71.1 Å². The summed E-state index contributed by atoms with van der Waals surface area (Å²) >= 11 is 0. The second-order valence-electron chi connectivity index (χ2n) is 7.38. The Morgan fingerprint density at radius 1 is 1.06 bits per heavy atom. The van der Waals surface area contributed by atoms with Crippen LogP contribution in [0.25, 0.3) is 6.08 Å². The van der Waals surface area contributed by atoms with Crippen molar-refractivity contribution in [3.8, 4) is 17.2 Å². The molecule has 2 rings (SSSR count). The van der Waals surface area contributed by atoms with Gasteiger partial charge in [-0.2, -0.15) is 0 Å². The highest BCUT2D eigenvalue weighted by molar-refractivity contribution is 6.07. The molecule has 6 nitrogen and oxygen atoms in total. The van der Waals surface area contributed by atoms with Crippen LogP contribution in [0.15, 0.2) is 55.1 Å². The van der Waals surface area contributed by atoms with Crippen LogP contribution < -0.4 is 14.2 Å². The van der Waals surface area contributed by atoms with Crippen molar-refractivity contribution in [1.82, 2.24) is 0 Å². The van der Waals surface area contributed by atoms with Crippen LogP contribution in [0.3, 0.4) is 0 Å². The van der Waals surface area contributed by atoms with Gasteiger partial charge in [0.1, 0.15) is 17.2 Å². The number of ketones is 1. The molecule has 0 unspecified atom stereocenters. The SMILES string of the molecule is C=CC(C)(C)c1cc(C=CC(=O)c2ccc(OCOC)cc2)c(OC)cc1OC(C)=O. The van der Waals surface area contributed by atoms with E-state index in [1.807, 2.05) is 19.9 Å². The number of methoxy groups -OCH3 is 2. The van der Waals surface area contributed by atoms with Gasteiger partial charge in [-0.25, -0.2) is 0 Å². The molecule has 2 aromatic carbocycles. The molecule has 0 radical (unpaired) electrons. The van der Waals surface area contributed by atoms with E-state index in [0.717, 1.165) is 5.56 Å². The molecule has 0 amide bonds. The molecule has 0 spiro atoms. The number of ether oxygens (including phenoxy) is 4. The fourth-order valence-electron chi connectivity index (χ4n) is 2.84. The highest BCUT2D eigenvalue weighted by atomic mass is 16.7. The molecule has 0 aliphatic heterocycles. The van der Waals surface area contributed by atoms with Gasteiger partial charge in [-0.05, 0) is 42.5 Å². The van der Waals surface area contributed by atoms with E-state index in [2.05, 4.69) is 6.58 Å². The molecule has 0 saturated carbocycles. The quantitative estimate of drug-likeness (QED) is 0.134. The van der Waals surface area contributed by atoms with Crippen LogP contribution in [-0.2, 0) is 14.9 Å². The van der Waals surface area contributed by atoms with Gasteiger partial charge in [-0.1, -0.05) is 19.9 Å². The molecule has 2 aromatic rings. The molecule has 0 saturated heterocycles. The number of benzene rings is 2. The maximum Gasteiger partial charge on any atom is 0.308 e. The zero-order valence-electron chi connectivity index (χ0n) is 18.6. The van der Waals surface area contributed by atoms with Gasteiger partial charge in [0.05, 0.1) is 7.11 Å². The molecule has 0 heterocycles. The highest BCUT2D eigenvalue weighted by Crippen LogP contribution is 2.38. The van der Waals surface area contributed by atoms with Crippen molar-refractivity contribution in [2.45, 2.75) is 26.2 Å². The van der Waals surface area contributed by atoms with Crippen molar-refractivity contribution in [2.24, 2.45) is 0 Å². The summed E-state index contributed by atoms with van der Waals surface area (Å²) in [6.45, 7) is 9.28. The summed E-state index contributed by atoms with van der Waals surface area (Å²) in [6, 6.07) is 10.3. The van der Waals surface area contributed by atoms with Crippen molar-refractivity contribution in [2.75, 3.05) is 21.0 Å². The van der Waals surface area contributed by atoms with Crippen LogP contribution in [0.2, 0.25) is 0 Å². The third kappa shape index (κ3) is 6.30. The van der Waals surface area contributed by atoms with E-state index in [9.17, 15) is 9.59 Å².